The van der Waals surface area contributed by atoms with Crippen LogP contribution in [0, 0.1) is 5.82 Å². The summed E-state index contributed by atoms with van der Waals surface area (Å²) in [6.07, 6.45) is 1.64. The molecule has 0 aliphatic heterocycles. The Labute approximate surface area is 197 Å². The molecule has 0 spiro atoms. The fourth-order valence-corrected chi connectivity index (χ4v) is 4.64. The minimum Gasteiger partial charge on any atom is -0.478 e. The van der Waals surface area contributed by atoms with Gasteiger partial charge < -0.3 is 10.4 Å². The van der Waals surface area contributed by atoms with Crippen LogP contribution in [-0.4, -0.2) is 19.5 Å². The van der Waals surface area contributed by atoms with Gasteiger partial charge in [0.1, 0.15) is 5.82 Å². The lowest BCUT2D eigenvalue weighted by atomic mass is 10.0. The van der Waals surface area contributed by atoms with E-state index in [0.717, 1.165) is 30.5 Å². The number of halogens is 2. The predicted octanol–water partition coefficient (Wildman–Crippen LogP) is 5.61. The molecule has 3 aromatic carbocycles. The van der Waals surface area contributed by atoms with E-state index in [0.29, 0.717) is 11.3 Å². The van der Waals surface area contributed by atoms with Crippen molar-refractivity contribution in [3.63, 3.8) is 0 Å². The number of nitrogens with one attached hydrogen (secondary N) is 2. The average molecular weight is 491 g/mol. The molecular weight excluding hydrogens is 467 g/mol. The van der Waals surface area contributed by atoms with E-state index in [1.807, 2.05) is 37.3 Å². The first-order valence-corrected chi connectivity index (χ1v) is 12.2. The second-order valence-corrected chi connectivity index (χ2v) is 9.66. The minimum atomic E-state index is -4.02. The van der Waals surface area contributed by atoms with Crippen molar-refractivity contribution in [2.75, 3.05) is 5.32 Å². The van der Waals surface area contributed by atoms with Crippen molar-refractivity contribution in [2.45, 2.75) is 37.2 Å². The molecule has 0 saturated carbocycles. The van der Waals surface area contributed by atoms with Gasteiger partial charge in [0, 0.05) is 12.2 Å². The molecular formula is C24H24ClFN2O4S. The highest BCUT2D eigenvalue weighted by molar-refractivity contribution is 7.89. The predicted molar refractivity (Wildman–Crippen MR) is 127 cm³/mol. The monoisotopic (exact) mass is 490 g/mol. The second-order valence-electron chi connectivity index (χ2n) is 7.48. The third kappa shape index (κ3) is 6.31. The van der Waals surface area contributed by atoms with Gasteiger partial charge in [-0.1, -0.05) is 61.3 Å². The number of carbonyl (C=O) groups is 1. The van der Waals surface area contributed by atoms with E-state index in [2.05, 4.69) is 10.0 Å². The van der Waals surface area contributed by atoms with Crippen LogP contribution in [-0.2, 0) is 16.6 Å². The van der Waals surface area contributed by atoms with Crippen LogP contribution >= 0.6 is 11.6 Å². The van der Waals surface area contributed by atoms with Gasteiger partial charge in [0.15, 0.2) is 0 Å². The molecule has 0 amide bonds. The number of aromatic carboxylic acids is 1. The molecule has 0 aliphatic rings. The Morgan fingerprint density at radius 2 is 1.82 bits per heavy atom. The summed E-state index contributed by atoms with van der Waals surface area (Å²) < 4.78 is 41.2. The van der Waals surface area contributed by atoms with Gasteiger partial charge in [-0.2, -0.15) is 0 Å². The maximum atomic E-state index is 13.3. The number of rotatable bonds is 10. The van der Waals surface area contributed by atoms with Crippen LogP contribution in [0.3, 0.4) is 0 Å². The second kappa shape index (κ2) is 10.8. The summed E-state index contributed by atoms with van der Waals surface area (Å²) in [7, 11) is -4.02. The van der Waals surface area contributed by atoms with Crippen LogP contribution in [0.1, 0.15) is 47.3 Å². The standard InChI is InChI=1S/C24H24ClFN2O4S/c1-2-6-22(17-7-4-3-5-8-17)28-23-12-10-18(14-19(23)24(29)30)33(31,32)27-15-16-9-11-21(26)20(25)13-16/h3-5,7-14,22,27-28H,2,6,15H2,1H3,(H,29,30). The van der Waals surface area contributed by atoms with Crippen molar-refractivity contribution in [2.24, 2.45) is 0 Å². The van der Waals surface area contributed by atoms with Crippen molar-refractivity contribution >= 4 is 33.3 Å². The minimum absolute atomic E-state index is 0.115. The Balaban J connectivity index is 1.85. The molecule has 3 aromatic rings. The van der Waals surface area contributed by atoms with Crippen LogP contribution in [0.4, 0.5) is 10.1 Å². The summed E-state index contributed by atoms with van der Waals surface area (Å²) in [6, 6.07) is 17.3. The molecule has 0 saturated heterocycles. The average Bonchev–Trinajstić information content (AvgIpc) is 2.80. The SMILES string of the molecule is CCCC(Nc1ccc(S(=O)(=O)NCc2ccc(F)c(Cl)c2)cc1C(=O)O)c1ccccc1. The third-order valence-corrected chi connectivity index (χ3v) is 6.78. The highest BCUT2D eigenvalue weighted by Gasteiger charge is 2.21. The molecule has 0 fully saturated rings. The molecule has 3 rings (SSSR count). The molecule has 0 bridgehead atoms. The maximum Gasteiger partial charge on any atom is 0.337 e. The summed E-state index contributed by atoms with van der Waals surface area (Å²) in [4.78, 5) is 11.7. The van der Waals surface area contributed by atoms with Gasteiger partial charge in [0.05, 0.1) is 21.5 Å². The summed E-state index contributed by atoms with van der Waals surface area (Å²) in [5, 5.41) is 12.9. The Bertz CT molecular complexity index is 1240. The molecule has 3 N–H and O–H groups in total. The fraction of sp³-hybridized carbons (Fsp3) is 0.208. The van der Waals surface area contributed by atoms with E-state index < -0.39 is 21.8 Å². The Hall–Kier alpha value is -2.94. The summed E-state index contributed by atoms with van der Waals surface area (Å²) >= 11 is 5.74. The molecule has 0 aliphatic carbocycles. The smallest absolute Gasteiger partial charge is 0.337 e. The lowest BCUT2D eigenvalue weighted by Gasteiger charge is -2.21. The molecule has 0 heterocycles. The summed E-state index contributed by atoms with van der Waals surface area (Å²) in [5.74, 6) is -1.85. The van der Waals surface area contributed by atoms with Crippen molar-refractivity contribution < 1.29 is 22.7 Å². The van der Waals surface area contributed by atoms with Crippen molar-refractivity contribution in [3.8, 4) is 0 Å². The molecule has 0 aromatic heterocycles. The van der Waals surface area contributed by atoms with Crippen LogP contribution in [0.5, 0.6) is 0 Å². The Kier molecular flexibility index (Phi) is 8.07. The highest BCUT2D eigenvalue weighted by Crippen LogP contribution is 2.28. The Morgan fingerprint density at radius 1 is 1.09 bits per heavy atom. The molecule has 174 valence electrons. The van der Waals surface area contributed by atoms with Crippen LogP contribution < -0.4 is 10.0 Å². The van der Waals surface area contributed by atoms with Crippen LogP contribution in [0.25, 0.3) is 0 Å². The van der Waals surface area contributed by atoms with Crippen LogP contribution in [0.2, 0.25) is 5.02 Å². The molecule has 0 radical (unpaired) electrons. The van der Waals surface area contributed by atoms with Gasteiger partial charge in [0.25, 0.3) is 0 Å². The van der Waals surface area contributed by atoms with E-state index in [1.165, 1.54) is 24.3 Å². The highest BCUT2D eigenvalue weighted by atomic mass is 35.5. The number of anilines is 1. The lowest BCUT2D eigenvalue weighted by molar-refractivity contribution is 0.0697. The van der Waals surface area contributed by atoms with Gasteiger partial charge in [-0.3, -0.25) is 0 Å². The number of carboxylic acid groups (broad SMARTS) is 1. The van der Waals surface area contributed by atoms with Crippen molar-refractivity contribution in [3.05, 3.63) is 94.3 Å². The topological polar surface area (TPSA) is 95.5 Å². The van der Waals surface area contributed by atoms with Crippen molar-refractivity contribution in [1.29, 1.82) is 0 Å². The Morgan fingerprint density at radius 3 is 2.45 bits per heavy atom. The lowest BCUT2D eigenvalue weighted by Crippen LogP contribution is -2.24. The first kappa shape index (κ1) is 24.7. The molecule has 9 heteroatoms. The molecule has 6 nitrogen and oxygen atoms in total. The normalized spacial score (nSPS) is 12.3. The summed E-state index contributed by atoms with van der Waals surface area (Å²) in [5.41, 5.74) is 1.65. The van der Waals surface area contributed by atoms with Gasteiger partial charge in [-0.25, -0.2) is 22.3 Å². The van der Waals surface area contributed by atoms with Crippen LogP contribution in [0.15, 0.2) is 71.6 Å². The largest absolute Gasteiger partial charge is 0.478 e. The maximum absolute atomic E-state index is 13.3. The number of benzene rings is 3. The first-order valence-electron chi connectivity index (χ1n) is 10.3. The van der Waals surface area contributed by atoms with Gasteiger partial charge in [-0.15, -0.1) is 0 Å². The number of carboxylic acids is 1. The van der Waals surface area contributed by atoms with E-state index in [1.54, 1.807) is 0 Å². The van der Waals surface area contributed by atoms with E-state index in [-0.39, 0.29) is 28.1 Å². The number of hydrogen-bond donors (Lipinski definition) is 3. The number of sulfonamides is 1. The summed E-state index contributed by atoms with van der Waals surface area (Å²) in [6.45, 7) is 1.91. The van der Waals surface area contributed by atoms with E-state index >= 15 is 0 Å². The zero-order valence-corrected chi connectivity index (χ0v) is 19.5. The molecule has 1 atom stereocenters. The fourth-order valence-electron chi connectivity index (χ4n) is 3.39. The third-order valence-electron chi connectivity index (χ3n) is 5.09. The quantitative estimate of drug-likeness (QED) is 0.343. The zero-order chi connectivity index (χ0) is 24.0. The van der Waals surface area contributed by atoms with Gasteiger partial charge in [-0.05, 0) is 47.9 Å². The van der Waals surface area contributed by atoms with Crippen molar-refractivity contribution in [1.82, 2.24) is 4.72 Å². The van der Waals surface area contributed by atoms with E-state index in [4.69, 9.17) is 11.6 Å². The van der Waals surface area contributed by atoms with Gasteiger partial charge in [0.2, 0.25) is 10.0 Å². The molecule has 33 heavy (non-hydrogen) atoms. The first-order chi connectivity index (χ1) is 15.7. The molecule has 1 unspecified atom stereocenters. The number of hydrogen-bond acceptors (Lipinski definition) is 4. The van der Waals surface area contributed by atoms with E-state index in [9.17, 15) is 22.7 Å². The van der Waals surface area contributed by atoms with Gasteiger partial charge >= 0.3 is 5.97 Å². The zero-order valence-electron chi connectivity index (χ0n) is 17.9.